The van der Waals surface area contributed by atoms with Crippen molar-refractivity contribution in [3.63, 3.8) is 0 Å². The first-order valence-electron chi connectivity index (χ1n) is 19.0. The normalized spacial score (nSPS) is 13.5. The molecule has 1 aliphatic rings. The van der Waals surface area contributed by atoms with Crippen LogP contribution in [0.1, 0.15) is 77.0 Å². The minimum Gasteiger partial charge on any atom is -0.497 e. The molecule has 0 bridgehead atoms. The summed E-state index contributed by atoms with van der Waals surface area (Å²) < 4.78 is 33.2. The molecular weight excluding hydrogens is 732 g/mol. The number of nitrogens with one attached hydrogen (secondary N) is 2. The molecular formula is C44H54N2O11. The van der Waals surface area contributed by atoms with E-state index in [1.54, 1.807) is 67.8 Å². The Hall–Kier alpha value is -6.24. The fourth-order valence-corrected chi connectivity index (χ4v) is 6.14. The van der Waals surface area contributed by atoms with E-state index in [-0.39, 0.29) is 19.5 Å². The van der Waals surface area contributed by atoms with Gasteiger partial charge in [0, 0.05) is 19.1 Å². The van der Waals surface area contributed by atoms with E-state index in [1.165, 1.54) is 21.3 Å². The number of benzene rings is 4. The lowest BCUT2D eigenvalue weighted by atomic mass is 9.87. The molecule has 0 radical (unpaired) electrons. The molecule has 1 aliphatic heterocycles. The van der Waals surface area contributed by atoms with E-state index in [1.807, 2.05) is 25.1 Å². The first-order chi connectivity index (χ1) is 27.6. The summed E-state index contributed by atoms with van der Waals surface area (Å²) in [7, 11) is 6.13. The second kappa shape index (κ2) is 21.7. The number of carboxylic acids is 1. The number of carboxylic acid groups (broad SMARTS) is 1. The summed E-state index contributed by atoms with van der Waals surface area (Å²) in [4.78, 5) is 49.8. The molecule has 13 nitrogen and oxygen atoms in total. The zero-order chi connectivity index (χ0) is 41.3. The average molecular weight is 788 g/mol. The highest BCUT2D eigenvalue weighted by molar-refractivity contribution is 6.22. The van der Waals surface area contributed by atoms with E-state index in [0.29, 0.717) is 75.8 Å². The third-order valence-electron chi connectivity index (χ3n) is 9.29. The minimum absolute atomic E-state index is 0. The number of carbonyl (C=O) groups excluding carboxylic acids is 3. The molecule has 306 valence electrons. The van der Waals surface area contributed by atoms with Gasteiger partial charge in [-0.2, -0.15) is 0 Å². The van der Waals surface area contributed by atoms with E-state index in [2.05, 4.69) is 17.6 Å². The Balaban J connectivity index is 0.000000305. The van der Waals surface area contributed by atoms with E-state index in [0.717, 1.165) is 32.1 Å². The van der Waals surface area contributed by atoms with Gasteiger partial charge < -0.3 is 44.2 Å². The van der Waals surface area contributed by atoms with Crippen LogP contribution < -0.4 is 39.1 Å². The number of ether oxygens (including phenoxy) is 6. The topological polar surface area (TPSA) is 168 Å². The number of Topliss-reactive ketones (excluding diaryl/α,β-unsaturated/α-hetero) is 1. The predicted molar refractivity (Wildman–Crippen MR) is 219 cm³/mol. The highest BCUT2D eigenvalue weighted by Crippen LogP contribution is 2.43. The molecule has 0 aromatic heterocycles. The number of anilines is 2. The number of hydrogen-bond acceptors (Lipinski definition) is 10. The van der Waals surface area contributed by atoms with Gasteiger partial charge in [-0.05, 0) is 55.3 Å². The number of amides is 2. The van der Waals surface area contributed by atoms with E-state index in [4.69, 9.17) is 28.4 Å². The van der Waals surface area contributed by atoms with Crippen molar-refractivity contribution in [2.75, 3.05) is 39.1 Å². The average Bonchev–Trinajstić information content (AvgIpc) is 3.22. The largest absolute Gasteiger partial charge is 0.497 e. The number of ketones is 1. The number of hydrogen-bond donors (Lipinski definition) is 3. The Morgan fingerprint density at radius 2 is 1.26 bits per heavy atom. The van der Waals surface area contributed by atoms with Crippen molar-refractivity contribution in [2.45, 2.75) is 65.2 Å². The van der Waals surface area contributed by atoms with E-state index in [9.17, 15) is 24.3 Å². The van der Waals surface area contributed by atoms with Crippen LogP contribution in [0.3, 0.4) is 0 Å². The Morgan fingerprint density at radius 1 is 0.702 bits per heavy atom. The summed E-state index contributed by atoms with van der Waals surface area (Å²) in [5, 5.41) is 15.0. The number of fused-ring (bicyclic) bond motifs is 1. The fraction of sp³-hybridized carbons (Fsp3) is 0.364. The molecule has 2 unspecified atom stereocenters. The van der Waals surface area contributed by atoms with E-state index < -0.39 is 23.7 Å². The summed E-state index contributed by atoms with van der Waals surface area (Å²) in [5.74, 6) is -0.318. The lowest BCUT2D eigenvalue weighted by Crippen LogP contribution is -2.35. The number of rotatable bonds is 19. The molecule has 5 rings (SSSR count). The van der Waals surface area contributed by atoms with Crippen LogP contribution in [-0.4, -0.2) is 57.1 Å². The first kappa shape index (κ1) is 43.5. The molecule has 13 heteroatoms. The Labute approximate surface area is 335 Å². The van der Waals surface area contributed by atoms with Crippen molar-refractivity contribution in [3.8, 4) is 46.0 Å². The van der Waals surface area contributed by atoms with Crippen LogP contribution in [0.4, 0.5) is 11.4 Å². The second-order valence-corrected chi connectivity index (χ2v) is 13.2. The standard InChI is InChI=1S/C22H27NO6.C22H25NO5.H2/c1-4-5-6-9-16(22(25)26)21(24)23-17-13-12-15(27-2)14-20(17)29-19-11-8-7-10-18(19)28-3;1-4-5-6-9-15-21(24)16-12-14(26-2)13-19(20(16)23-22(15)25)28-18-11-8-7-10-17(18)27-3;/h7-8,10-14,16H,4-6,9H2,1-3H3,(H,23,24)(H,25,26);7-8,10-13,15H,4-6,9H2,1-3H3,(H,23,25);1H/i;;1+1. The minimum atomic E-state index is -1.14. The highest BCUT2D eigenvalue weighted by atomic mass is 16.5. The Morgan fingerprint density at radius 3 is 1.82 bits per heavy atom. The molecule has 3 N–H and O–H groups in total. The number of aliphatic carboxylic acids is 1. The molecule has 0 aliphatic carbocycles. The van der Waals surface area contributed by atoms with Gasteiger partial charge in [-0.1, -0.05) is 76.6 Å². The summed E-state index contributed by atoms with van der Waals surface area (Å²) in [6.45, 7) is 4.11. The summed E-state index contributed by atoms with van der Waals surface area (Å²) in [5.41, 5.74) is 1.13. The molecule has 1 heterocycles. The maximum absolute atomic E-state index is 13.0. The van der Waals surface area contributed by atoms with Gasteiger partial charge in [0.15, 0.2) is 40.3 Å². The zero-order valence-electron chi connectivity index (χ0n) is 33.3. The number of carbonyl (C=O) groups is 4. The van der Waals surface area contributed by atoms with Gasteiger partial charge >= 0.3 is 5.97 Å². The lowest BCUT2D eigenvalue weighted by Gasteiger charge is -2.26. The van der Waals surface area contributed by atoms with Gasteiger partial charge in [-0.25, -0.2) is 0 Å². The van der Waals surface area contributed by atoms with Crippen LogP contribution in [0.25, 0.3) is 0 Å². The molecule has 4 aromatic rings. The smallest absolute Gasteiger partial charge is 0.316 e. The molecule has 0 spiro atoms. The van der Waals surface area contributed by atoms with Gasteiger partial charge in [0.05, 0.1) is 39.8 Å². The van der Waals surface area contributed by atoms with Crippen molar-refractivity contribution in [3.05, 3.63) is 84.4 Å². The summed E-state index contributed by atoms with van der Waals surface area (Å²) in [6.07, 6.45) is 6.18. The van der Waals surface area contributed by atoms with Gasteiger partial charge in [-0.3, -0.25) is 19.2 Å². The molecule has 0 fully saturated rings. The van der Waals surface area contributed by atoms with Crippen molar-refractivity contribution in [1.82, 2.24) is 0 Å². The number of methoxy groups -OCH3 is 4. The van der Waals surface area contributed by atoms with Crippen LogP contribution >= 0.6 is 0 Å². The first-order valence-corrected chi connectivity index (χ1v) is 19.0. The molecule has 0 saturated heterocycles. The van der Waals surface area contributed by atoms with Crippen LogP contribution in [0.2, 0.25) is 0 Å². The van der Waals surface area contributed by atoms with Crippen LogP contribution in [-0.2, 0) is 14.4 Å². The molecule has 4 aromatic carbocycles. The number of para-hydroxylation sites is 4. The quantitative estimate of drug-likeness (QED) is 0.0611. The van der Waals surface area contributed by atoms with Crippen molar-refractivity contribution in [1.29, 1.82) is 0 Å². The third kappa shape index (κ3) is 11.6. The molecule has 0 saturated carbocycles. The molecule has 2 amide bonds. The second-order valence-electron chi connectivity index (χ2n) is 13.2. The maximum atomic E-state index is 13.0. The summed E-state index contributed by atoms with van der Waals surface area (Å²) >= 11 is 0. The monoisotopic (exact) mass is 787 g/mol. The fourth-order valence-electron chi connectivity index (χ4n) is 6.14. The van der Waals surface area contributed by atoms with Crippen molar-refractivity contribution < 1.29 is 54.1 Å². The van der Waals surface area contributed by atoms with Crippen LogP contribution in [0.5, 0.6) is 46.0 Å². The van der Waals surface area contributed by atoms with Crippen molar-refractivity contribution >= 4 is 34.9 Å². The lowest BCUT2D eigenvalue weighted by molar-refractivity contribution is -0.145. The van der Waals surface area contributed by atoms with E-state index >= 15 is 0 Å². The highest BCUT2D eigenvalue weighted by Gasteiger charge is 2.36. The molecule has 2 atom stereocenters. The van der Waals surface area contributed by atoms with Gasteiger partial charge in [0.25, 0.3) is 0 Å². The molecule has 57 heavy (non-hydrogen) atoms. The van der Waals surface area contributed by atoms with Crippen LogP contribution in [0.15, 0.2) is 78.9 Å². The van der Waals surface area contributed by atoms with Crippen LogP contribution in [0, 0.1) is 11.8 Å². The predicted octanol–water partition coefficient (Wildman–Crippen LogP) is 9.79. The number of unbranched alkanes of at least 4 members (excludes halogenated alkanes) is 4. The third-order valence-corrected chi connectivity index (χ3v) is 9.29. The maximum Gasteiger partial charge on any atom is 0.316 e. The zero-order valence-corrected chi connectivity index (χ0v) is 33.3. The van der Waals surface area contributed by atoms with Gasteiger partial charge in [0.2, 0.25) is 11.8 Å². The van der Waals surface area contributed by atoms with Gasteiger partial charge in [-0.15, -0.1) is 0 Å². The Bertz CT molecular complexity index is 2000. The van der Waals surface area contributed by atoms with Crippen molar-refractivity contribution in [2.24, 2.45) is 11.8 Å². The Kier molecular flexibility index (Phi) is 16.6. The summed E-state index contributed by atoms with van der Waals surface area (Å²) in [6, 6.07) is 22.5. The van der Waals surface area contributed by atoms with Gasteiger partial charge in [0.1, 0.15) is 23.3 Å². The SMILES string of the molecule is CCCCCC(C(=O)O)C(=O)Nc1ccc(OC)cc1Oc1ccccc1OC.CCCCCC1C(=O)Nc2c(Oc3ccccc3OC)cc(OC)cc2C1=O.[2HH].